The number of nitrogens with zero attached hydrogens (tertiary/aromatic N) is 2. The van der Waals surface area contributed by atoms with Crippen molar-refractivity contribution in [2.75, 3.05) is 11.4 Å². The van der Waals surface area contributed by atoms with Gasteiger partial charge in [0.1, 0.15) is 0 Å². The van der Waals surface area contributed by atoms with Crippen molar-refractivity contribution in [1.29, 1.82) is 0 Å². The van der Waals surface area contributed by atoms with Gasteiger partial charge in [0, 0.05) is 36.4 Å². The molecule has 0 radical (unpaired) electrons. The van der Waals surface area contributed by atoms with Crippen LogP contribution in [-0.4, -0.2) is 12.8 Å². The molecule has 0 fully saturated rings. The van der Waals surface area contributed by atoms with E-state index in [9.17, 15) is 0 Å². The number of para-hydroxylation sites is 1. The third-order valence-corrected chi connectivity index (χ3v) is 3.00. The number of rotatable bonds is 3. The summed E-state index contributed by atoms with van der Waals surface area (Å²) < 4.78 is 0. The zero-order valence-electron chi connectivity index (χ0n) is 9.93. The molecule has 0 aromatic heterocycles. The van der Waals surface area contributed by atoms with Gasteiger partial charge >= 0.3 is 0 Å². The van der Waals surface area contributed by atoms with Gasteiger partial charge in [-0.3, -0.25) is 4.99 Å². The third kappa shape index (κ3) is 2.32. The van der Waals surface area contributed by atoms with Crippen LogP contribution in [0.15, 0.2) is 41.7 Å². The quantitative estimate of drug-likeness (QED) is 0.752. The highest BCUT2D eigenvalue weighted by atomic mass is 15.1. The first-order valence-electron chi connectivity index (χ1n) is 5.86. The van der Waals surface area contributed by atoms with E-state index in [1.807, 2.05) is 12.4 Å². The Morgan fingerprint density at radius 1 is 1.31 bits per heavy atom. The first kappa shape index (κ1) is 10.9. The van der Waals surface area contributed by atoms with E-state index in [2.05, 4.69) is 54.2 Å². The van der Waals surface area contributed by atoms with Crippen LogP contribution in [0.5, 0.6) is 0 Å². The largest absolute Gasteiger partial charge is 0.346 e. The molecule has 1 aliphatic heterocycles. The zero-order valence-corrected chi connectivity index (χ0v) is 9.93. The summed E-state index contributed by atoms with van der Waals surface area (Å²) in [5.74, 6) is 0.691. The second-order valence-electron chi connectivity index (χ2n) is 4.30. The molecule has 2 nitrogen and oxygen atoms in total. The zero-order chi connectivity index (χ0) is 11.4. The lowest BCUT2D eigenvalue weighted by Gasteiger charge is -2.24. The molecule has 0 spiro atoms. The van der Waals surface area contributed by atoms with Gasteiger partial charge in [-0.2, -0.15) is 0 Å². The van der Waals surface area contributed by atoms with Crippen molar-refractivity contribution in [3.63, 3.8) is 0 Å². The Labute approximate surface area is 97.3 Å². The third-order valence-electron chi connectivity index (χ3n) is 3.00. The van der Waals surface area contributed by atoms with Crippen molar-refractivity contribution >= 4 is 11.9 Å². The summed E-state index contributed by atoms with van der Waals surface area (Å²) in [6, 6.07) is 8.39. The molecule has 0 bridgehead atoms. The van der Waals surface area contributed by atoms with Crippen molar-refractivity contribution in [2.45, 2.75) is 20.3 Å². The first-order valence-corrected chi connectivity index (χ1v) is 5.86. The number of hydrogen-bond donors (Lipinski definition) is 0. The van der Waals surface area contributed by atoms with Gasteiger partial charge in [-0.1, -0.05) is 38.5 Å². The second kappa shape index (κ2) is 4.97. The Kier molecular flexibility index (Phi) is 3.40. The van der Waals surface area contributed by atoms with E-state index in [1.165, 1.54) is 17.7 Å². The van der Waals surface area contributed by atoms with Crippen molar-refractivity contribution < 1.29 is 0 Å². The number of anilines is 1. The van der Waals surface area contributed by atoms with Gasteiger partial charge in [0.25, 0.3) is 0 Å². The molecule has 1 atom stereocenters. The first-order chi connectivity index (χ1) is 7.81. The topological polar surface area (TPSA) is 15.6 Å². The fraction of sp³-hybridized carbons (Fsp3) is 0.357. The van der Waals surface area contributed by atoms with Gasteiger partial charge in [-0.15, -0.1) is 0 Å². The summed E-state index contributed by atoms with van der Waals surface area (Å²) in [5.41, 5.74) is 2.44. The summed E-state index contributed by atoms with van der Waals surface area (Å²) >= 11 is 0. The molecule has 0 N–H and O–H groups in total. The standard InChI is InChI=1S/C14H18N2/c1-3-12(2)11-16-9-8-15-10-13-6-4-5-7-14(13)16/h4-10,12H,3,11H2,1-2H3. The normalized spacial score (nSPS) is 15.8. The second-order valence-corrected chi connectivity index (χ2v) is 4.30. The lowest BCUT2D eigenvalue weighted by atomic mass is 10.1. The van der Waals surface area contributed by atoms with Crippen molar-refractivity contribution in [2.24, 2.45) is 10.9 Å². The molecule has 84 valence electrons. The van der Waals surface area contributed by atoms with Crippen molar-refractivity contribution in [1.82, 2.24) is 0 Å². The molecule has 0 amide bonds. The van der Waals surface area contributed by atoms with Crippen LogP contribution in [0, 0.1) is 5.92 Å². The maximum absolute atomic E-state index is 4.25. The molecular formula is C14H18N2. The predicted molar refractivity (Wildman–Crippen MR) is 70.0 cm³/mol. The number of benzene rings is 1. The Hall–Kier alpha value is -1.57. The van der Waals surface area contributed by atoms with Crippen molar-refractivity contribution in [3.8, 4) is 0 Å². The summed E-state index contributed by atoms with van der Waals surface area (Å²) in [5, 5.41) is 0. The maximum Gasteiger partial charge on any atom is 0.0495 e. The highest BCUT2D eigenvalue weighted by molar-refractivity contribution is 5.89. The molecule has 0 aliphatic carbocycles. The van der Waals surface area contributed by atoms with Gasteiger partial charge in [0.15, 0.2) is 0 Å². The molecular weight excluding hydrogens is 196 g/mol. The van der Waals surface area contributed by atoms with Crippen LogP contribution in [0.4, 0.5) is 5.69 Å². The fourth-order valence-electron chi connectivity index (χ4n) is 1.80. The van der Waals surface area contributed by atoms with Crippen LogP contribution in [-0.2, 0) is 0 Å². The molecule has 1 heterocycles. The molecule has 2 heteroatoms. The molecule has 0 saturated carbocycles. The molecule has 1 aromatic carbocycles. The van der Waals surface area contributed by atoms with E-state index in [0.29, 0.717) is 5.92 Å². The minimum Gasteiger partial charge on any atom is -0.346 e. The molecule has 1 aromatic rings. The molecule has 16 heavy (non-hydrogen) atoms. The van der Waals surface area contributed by atoms with E-state index in [0.717, 1.165) is 6.54 Å². The Bertz CT molecular complexity index is 407. The van der Waals surface area contributed by atoms with Crippen LogP contribution in [0.2, 0.25) is 0 Å². The number of aliphatic imine (C=N–C) groups is 1. The molecule has 1 unspecified atom stereocenters. The Morgan fingerprint density at radius 2 is 2.12 bits per heavy atom. The average molecular weight is 214 g/mol. The summed E-state index contributed by atoms with van der Waals surface area (Å²) in [6.07, 6.45) is 7.05. The van der Waals surface area contributed by atoms with Crippen LogP contribution in [0.25, 0.3) is 0 Å². The fourth-order valence-corrected chi connectivity index (χ4v) is 1.80. The SMILES string of the molecule is CCC(C)CN1C=CN=Cc2ccccc21. The van der Waals surface area contributed by atoms with E-state index < -0.39 is 0 Å². The predicted octanol–water partition coefficient (Wildman–Crippen LogP) is 3.44. The van der Waals surface area contributed by atoms with E-state index in [1.54, 1.807) is 0 Å². The molecule has 0 saturated heterocycles. The number of fused-ring (bicyclic) bond motifs is 1. The van der Waals surface area contributed by atoms with E-state index in [4.69, 9.17) is 0 Å². The van der Waals surface area contributed by atoms with Gasteiger partial charge in [-0.25, -0.2) is 0 Å². The van der Waals surface area contributed by atoms with Crippen LogP contribution in [0.1, 0.15) is 25.8 Å². The minimum absolute atomic E-state index is 0.691. The molecule has 1 aliphatic rings. The van der Waals surface area contributed by atoms with Gasteiger partial charge < -0.3 is 4.90 Å². The average Bonchev–Trinajstić information content (AvgIpc) is 2.52. The van der Waals surface area contributed by atoms with Gasteiger partial charge in [-0.05, 0) is 12.0 Å². The highest BCUT2D eigenvalue weighted by Gasteiger charge is 2.11. The number of hydrogen-bond acceptors (Lipinski definition) is 2. The maximum atomic E-state index is 4.25. The van der Waals surface area contributed by atoms with E-state index >= 15 is 0 Å². The van der Waals surface area contributed by atoms with Gasteiger partial charge in [0.05, 0.1) is 0 Å². The van der Waals surface area contributed by atoms with Crippen molar-refractivity contribution in [3.05, 3.63) is 42.2 Å². The Balaban J connectivity index is 2.27. The van der Waals surface area contributed by atoms with E-state index in [-0.39, 0.29) is 0 Å². The monoisotopic (exact) mass is 214 g/mol. The van der Waals surface area contributed by atoms with Gasteiger partial charge in [0.2, 0.25) is 0 Å². The Morgan fingerprint density at radius 3 is 2.94 bits per heavy atom. The van der Waals surface area contributed by atoms with Crippen LogP contribution >= 0.6 is 0 Å². The summed E-state index contributed by atoms with van der Waals surface area (Å²) in [6.45, 7) is 5.56. The highest BCUT2D eigenvalue weighted by Crippen LogP contribution is 2.22. The van der Waals surface area contributed by atoms with Crippen LogP contribution in [0.3, 0.4) is 0 Å². The molecule has 2 rings (SSSR count). The smallest absolute Gasteiger partial charge is 0.0495 e. The van der Waals surface area contributed by atoms with Crippen LogP contribution < -0.4 is 4.90 Å². The lowest BCUT2D eigenvalue weighted by molar-refractivity contribution is 0.566. The summed E-state index contributed by atoms with van der Waals surface area (Å²) in [7, 11) is 0. The summed E-state index contributed by atoms with van der Waals surface area (Å²) in [4.78, 5) is 6.54. The lowest BCUT2D eigenvalue weighted by Crippen LogP contribution is -2.23. The minimum atomic E-state index is 0.691.